The fraction of sp³-hybridized carbons (Fsp3) is 0.519. The van der Waals surface area contributed by atoms with E-state index in [-0.39, 0.29) is 45.0 Å². The van der Waals surface area contributed by atoms with E-state index in [0.29, 0.717) is 33.8 Å². The molecule has 4 aromatic rings. The van der Waals surface area contributed by atoms with Gasteiger partial charge in [-0.05, 0) is 84.2 Å². The summed E-state index contributed by atoms with van der Waals surface area (Å²) in [5.74, 6) is -1.03. The zero-order chi connectivity index (χ0) is 42.9. The van der Waals surface area contributed by atoms with Crippen molar-refractivity contribution in [1.82, 2.24) is 0 Å². The summed E-state index contributed by atoms with van der Waals surface area (Å²) in [4.78, 5) is 33.3. The summed E-state index contributed by atoms with van der Waals surface area (Å²) in [6, 6.07) is 22.2. The summed E-state index contributed by atoms with van der Waals surface area (Å²) < 4.78 is 0. The normalized spacial score (nSPS) is 12.6. The molecule has 0 saturated carbocycles. The Hall–Kier alpha value is -3.48. The first-order valence-corrected chi connectivity index (χ1v) is 25.1. The molecule has 0 atom stereocenters. The minimum absolute atomic E-state index is 0.00353. The van der Waals surface area contributed by atoms with E-state index in [2.05, 4.69) is 58.9 Å². The van der Waals surface area contributed by atoms with Gasteiger partial charge in [0.15, 0.2) is 5.78 Å². The van der Waals surface area contributed by atoms with Crippen LogP contribution in [0.4, 0.5) is 0 Å². The minimum Gasteiger partial charge on any atom is -0.507 e. The molecule has 4 nitrogen and oxygen atoms in total. The van der Waals surface area contributed by atoms with E-state index in [1.807, 2.05) is 42.5 Å². The van der Waals surface area contributed by atoms with Crippen molar-refractivity contribution in [3.63, 3.8) is 0 Å². The van der Waals surface area contributed by atoms with Crippen LogP contribution in [0, 0.1) is 0 Å². The van der Waals surface area contributed by atoms with Crippen molar-refractivity contribution in [3.05, 3.63) is 106 Å². The molecule has 5 rings (SSSR count). The number of carbonyl (C=O) groups excluding carboxylic acids is 2. The van der Waals surface area contributed by atoms with Gasteiger partial charge in [0.2, 0.25) is 5.78 Å². The number of fused-ring (bicyclic) bond motifs is 2. The van der Waals surface area contributed by atoms with Crippen molar-refractivity contribution in [2.24, 2.45) is 0 Å². The first-order valence-electron chi connectivity index (χ1n) is 23.4. The number of ketones is 2. The molecule has 2 N–H and O–H groups in total. The molecule has 0 saturated heterocycles. The zero-order valence-electron chi connectivity index (χ0n) is 37.4. The number of hydrogen-bond acceptors (Lipinski definition) is 6. The summed E-state index contributed by atoms with van der Waals surface area (Å²) >= 11 is 2.93. The van der Waals surface area contributed by atoms with Gasteiger partial charge in [0.1, 0.15) is 11.5 Å². The number of aromatic hydroxyl groups is 2. The smallest absolute Gasteiger partial charge is 0.202 e. The predicted molar refractivity (Wildman–Crippen MR) is 254 cm³/mol. The highest BCUT2D eigenvalue weighted by molar-refractivity contribution is 7.99. The SMILES string of the molecule is CCCCCCCCCCCCc1cc(Sc2ccccc2)c2c(c1O)C(=O)c1c(O)c(CCCCCCCCCCCC)cc(Sc3ccc(C(C)(C)C)cc3)c1C2=O. The Morgan fingerprint density at radius 3 is 1.18 bits per heavy atom. The van der Waals surface area contributed by atoms with Crippen molar-refractivity contribution in [2.45, 2.75) is 201 Å². The number of carbonyl (C=O) groups is 2. The summed E-state index contributed by atoms with van der Waals surface area (Å²) in [6.07, 6.45) is 25.3. The van der Waals surface area contributed by atoms with Gasteiger partial charge in [-0.2, -0.15) is 0 Å². The molecule has 0 fully saturated rings. The standard InChI is InChI=1S/C54H72O4S2/c1-6-8-10-12-14-16-18-20-22-25-29-39-37-44(59-42-31-27-24-28-32-42)46-48(50(39)55)53(58)49-47(52(46)57)45(60-43-35-33-41(34-36-43)54(3,4)5)38-40(51(49)56)30-26-23-21-19-17-15-13-11-9-7-2/h24,27-28,31-38,55-56H,6-23,25-26,29-30H2,1-5H3. The number of rotatable bonds is 26. The molecule has 4 aromatic carbocycles. The van der Waals surface area contributed by atoms with Crippen LogP contribution in [0.25, 0.3) is 0 Å². The third-order valence-electron chi connectivity index (χ3n) is 12.1. The molecule has 324 valence electrons. The first kappa shape index (κ1) is 47.6. The fourth-order valence-corrected chi connectivity index (χ4v) is 10.5. The van der Waals surface area contributed by atoms with Crippen LogP contribution in [0.15, 0.2) is 86.3 Å². The van der Waals surface area contributed by atoms with Crippen LogP contribution >= 0.6 is 23.5 Å². The van der Waals surface area contributed by atoms with E-state index in [1.54, 1.807) is 0 Å². The van der Waals surface area contributed by atoms with E-state index < -0.39 is 5.78 Å². The molecular weight excluding hydrogens is 777 g/mol. The Bertz CT molecular complexity index is 1980. The Labute approximate surface area is 371 Å². The molecule has 0 spiro atoms. The average Bonchev–Trinajstić information content (AvgIpc) is 3.23. The maximum Gasteiger partial charge on any atom is 0.202 e. The van der Waals surface area contributed by atoms with E-state index in [0.717, 1.165) is 48.3 Å². The molecule has 1 aliphatic rings. The average molecular weight is 849 g/mol. The highest BCUT2D eigenvalue weighted by atomic mass is 32.2. The van der Waals surface area contributed by atoms with Crippen LogP contribution in [-0.2, 0) is 18.3 Å². The second-order valence-corrected chi connectivity index (χ2v) is 20.3. The van der Waals surface area contributed by atoms with Crippen molar-refractivity contribution in [3.8, 4) is 11.5 Å². The highest BCUT2D eigenvalue weighted by Gasteiger charge is 2.40. The summed E-state index contributed by atoms with van der Waals surface area (Å²) in [5, 5.41) is 24.0. The molecule has 6 heteroatoms. The van der Waals surface area contributed by atoms with Gasteiger partial charge < -0.3 is 10.2 Å². The van der Waals surface area contributed by atoms with Crippen LogP contribution in [0.5, 0.6) is 11.5 Å². The van der Waals surface area contributed by atoms with Crippen molar-refractivity contribution in [1.29, 1.82) is 0 Å². The van der Waals surface area contributed by atoms with Crippen molar-refractivity contribution in [2.75, 3.05) is 0 Å². The lowest BCUT2D eigenvalue weighted by atomic mass is 9.80. The quantitative estimate of drug-likeness (QED) is 0.0540. The Kier molecular flexibility index (Phi) is 19.2. The minimum atomic E-state index is -0.468. The van der Waals surface area contributed by atoms with Crippen LogP contribution < -0.4 is 0 Å². The summed E-state index contributed by atoms with van der Waals surface area (Å²) in [6.45, 7) is 11.1. The van der Waals surface area contributed by atoms with Gasteiger partial charge in [0.25, 0.3) is 0 Å². The van der Waals surface area contributed by atoms with E-state index in [1.165, 1.54) is 119 Å². The molecule has 0 amide bonds. The largest absolute Gasteiger partial charge is 0.507 e. The predicted octanol–water partition coefficient (Wildman–Crippen LogP) is 16.4. The molecule has 1 aliphatic carbocycles. The molecular formula is C54H72O4S2. The molecule has 60 heavy (non-hydrogen) atoms. The van der Waals surface area contributed by atoms with Gasteiger partial charge in [0, 0.05) is 19.6 Å². The van der Waals surface area contributed by atoms with E-state index in [4.69, 9.17) is 0 Å². The van der Waals surface area contributed by atoms with Gasteiger partial charge in [0.05, 0.1) is 22.3 Å². The monoisotopic (exact) mass is 848 g/mol. The van der Waals surface area contributed by atoms with Gasteiger partial charge in [-0.25, -0.2) is 0 Å². The summed E-state index contributed by atoms with van der Waals surface area (Å²) in [5.41, 5.74) is 3.12. The van der Waals surface area contributed by atoms with Gasteiger partial charge in [-0.3, -0.25) is 9.59 Å². The van der Waals surface area contributed by atoms with Crippen LogP contribution in [0.3, 0.4) is 0 Å². The lowest BCUT2D eigenvalue weighted by molar-refractivity contribution is 0.0969. The number of benzene rings is 4. The second-order valence-electron chi connectivity index (χ2n) is 18.1. The van der Waals surface area contributed by atoms with Crippen molar-refractivity contribution >= 4 is 35.1 Å². The first-order chi connectivity index (χ1) is 29.0. The van der Waals surface area contributed by atoms with Crippen molar-refractivity contribution < 1.29 is 19.8 Å². The maximum absolute atomic E-state index is 15.1. The van der Waals surface area contributed by atoms with E-state index >= 15 is 4.79 Å². The molecule has 0 bridgehead atoms. The molecule has 0 radical (unpaired) electrons. The Morgan fingerprint density at radius 1 is 0.450 bits per heavy atom. The Balaban J connectivity index is 1.45. The number of phenolic OH excluding ortho intramolecular Hbond substituents is 2. The third kappa shape index (κ3) is 13.3. The molecule has 0 heterocycles. The van der Waals surface area contributed by atoms with Gasteiger partial charge in [-0.15, -0.1) is 0 Å². The van der Waals surface area contributed by atoms with Crippen LogP contribution in [0.2, 0.25) is 0 Å². The van der Waals surface area contributed by atoms with E-state index in [9.17, 15) is 15.0 Å². The third-order valence-corrected chi connectivity index (χ3v) is 14.2. The lowest BCUT2D eigenvalue weighted by Crippen LogP contribution is -2.24. The number of unbranched alkanes of at least 4 members (excludes halogenated alkanes) is 18. The molecule has 0 aromatic heterocycles. The lowest BCUT2D eigenvalue weighted by Gasteiger charge is -2.26. The highest BCUT2D eigenvalue weighted by Crippen LogP contribution is 2.48. The van der Waals surface area contributed by atoms with Gasteiger partial charge in [-0.1, -0.05) is 204 Å². The maximum atomic E-state index is 15.1. The summed E-state index contributed by atoms with van der Waals surface area (Å²) in [7, 11) is 0. The topological polar surface area (TPSA) is 74.6 Å². The number of hydrogen-bond donors (Lipinski definition) is 2. The van der Waals surface area contributed by atoms with Crippen LogP contribution in [-0.4, -0.2) is 21.8 Å². The number of phenols is 2. The second kappa shape index (κ2) is 24.2. The van der Waals surface area contributed by atoms with Crippen LogP contribution in [0.1, 0.15) is 212 Å². The Morgan fingerprint density at radius 2 is 0.800 bits per heavy atom. The molecule has 0 aliphatic heterocycles. The fourth-order valence-electron chi connectivity index (χ4n) is 8.46. The number of aryl methyl sites for hydroxylation is 2. The van der Waals surface area contributed by atoms with Gasteiger partial charge >= 0.3 is 0 Å². The zero-order valence-corrected chi connectivity index (χ0v) is 39.1. The molecule has 0 unspecified atom stereocenters.